The fourth-order valence-electron chi connectivity index (χ4n) is 1.07. The van der Waals surface area contributed by atoms with Gasteiger partial charge in [-0.2, -0.15) is 0 Å². The minimum Gasteiger partial charge on any atom is -0.395 e. The van der Waals surface area contributed by atoms with Crippen LogP contribution < -0.4 is 9.47 Å². The van der Waals surface area contributed by atoms with Crippen LogP contribution in [-0.2, 0) is 0 Å². The van der Waals surface area contributed by atoms with E-state index in [1.807, 2.05) is 29.5 Å². The highest BCUT2D eigenvalue weighted by molar-refractivity contribution is 14.1. The standard InChI is InChI=1S/C8H5F2IO2/c1-4-2-6-7(3-5(4)11)13-8(9,10)12-6/h2-3H,1H3. The Morgan fingerprint density at radius 3 is 2.38 bits per heavy atom. The van der Waals surface area contributed by atoms with Crippen LogP contribution >= 0.6 is 22.6 Å². The first-order chi connectivity index (χ1) is 5.98. The van der Waals surface area contributed by atoms with E-state index in [4.69, 9.17) is 0 Å². The predicted octanol–water partition coefficient (Wildman–Crippen LogP) is 2.92. The van der Waals surface area contributed by atoms with Crippen LogP contribution in [0.2, 0.25) is 0 Å². The normalized spacial score (nSPS) is 17.5. The lowest BCUT2D eigenvalue weighted by molar-refractivity contribution is -0.286. The van der Waals surface area contributed by atoms with Gasteiger partial charge < -0.3 is 9.47 Å². The Balaban J connectivity index is 2.48. The van der Waals surface area contributed by atoms with E-state index >= 15 is 0 Å². The van der Waals surface area contributed by atoms with Crippen molar-refractivity contribution in [3.63, 3.8) is 0 Å². The number of rotatable bonds is 0. The van der Waals surface area contributed by atoms with Crippen LogP contribution in [0, 0.1) is 10.5 Å². The third-order valence-electron chi connectivity index (χ3n) is 1.68. The molecule has 1 aromatic carbocycles. The second kappa shape index (κ2) is 2.70. The van der Waals surface area contributed by atoms with Gasteiger partial charge in [-0.05, 0) is 47.2 Å². The lowest BCUT2D eigenvalue weighted by Crippen LogP contribution is -2.25. The molecule has 0 aromatic heterocycles. The second-order valence-corrected chi connectivity index (χ2v) is 3.88. The smallest absolute Gasteiger partial charge is 0.395 e. The van der Waals surface area contributed by atoms with Crippen LogP contribution in [0.1, 0.15) is 5.56 Å². The summed E-state index contributed by atoms with van der Waals surface area (Å²) in [5, 5.41) is 0. The number of fused-ring (bicyclic) bond motifs is 1. The quantitative estimate of drug-likeness (QED) is 0.686. The highest BCUT2D eigenvalue weighted by Gasteiger charge is 2.43. The monoisotopic (exact) mass is 298 g/mol. The van der Waals surface area contributed by atoms with E-state index in [0.29, 0.717) is 0 Å². The Kier molecular flexibility index (Phi) is 1.86. The van der Waals surface area contributed by atoms with Gasteiger partial charge in [0.1, 0.15) is 0 Å². The summed E-state index contributed by atoms with van der Waals surface area (Å²) >= 11 is 2.05. The van der Waals surface area contributed by atoms with Crippen LogP contribution in [0.25, 0.3) is 0 Å². The number of aryl methyl sites for hydroxylation is 1. The molecular weight excluding hydrogens is 293 g/mol. The molecule has 0 bridgehead atoms. The molecule has 0 radical (unpaired) electrons. The Morgan fingerprint density at radius 2 is 1.77 bits per heavy atom. The maximum atomic E-state index is 12.6. The molecule has 0 amide bonds. The molecule has 2 nitrogen and oxygen atoms in total. The molecule has 0 saturated heterocycles. The van der Waals surface area contributed by atoms with Crippen LogP contribution in [0.15, 0.2) is 12.1 Å². The zero-order valence-electron chi connectivity index (χ0n) is 6.61. The third kappa shape index (κ3) is 1.56. The molecule has 0 saturated carbocycles. The Labute approximate surface area is 87.0 Å². The number of alkyl halides is 2. The van der Waals surface area contributed by atoms with Gasteiger partial charge in [0.05, 0.1) is 0 Å². The molecule has 1 heterocycles. The molecule has 0 fully saturated rings. The summed E-state index contributed by atoms with van der Waals surface area (Å²) in [6.07, 6.45) is -3.51. The van der Waals surface area contributed by atoms with Gasteiger partial charge in [-0.1, -0.05) is 0 Å². The third-order valence-corrected chi connectivity index (χ3v) is 2.84. The Bertz CT molecular complexity index is 332. The van der Waals surface area contributed by atoms with E-state index < -0.39 is 6.29 Å². The van der Waals surface area contributed by atoms with E-state index in [9.17, 15) is 8.78 Å². The van der Waals surface area contributed by atoms with E-state index in [0.717, 1.165) is 9.13 Å². The van der Waals surface area contributed by atoms with Gasteiger partial charge in [-0.25, -0.2) is 0 Å². The first-order valence-corrected chi connectivity index (χ1v) is 4.62. The van der Waals surface area contributed by atoms with Crippen molar-refractivity contribution < 1.29 is 18.3 Å². The molecule has 0 unspecified atom stereocenters. The van der Waals surface area contributed by atoms with E-state index in [-0.39, 0.29) is 11.5 Å². The minimum absolute atomic E-state index is 0.0972. The van der Waals surface area contributed by atoms with Gasteiger partial charge in [-0.3, -0.25) is 0 Å². The van der Waals surface area contributed by atoms with Gasteiger partial charge in [-0.15, -0.1) is 8.78 Å². The SMILES string of the molecule is Cc1cc2c(cc1I)OC(F)(F)O2. The van der Waals surface area contributed by atoms with Crippen LogP contribution in [0.5, 0.6) is 11.5 Å². The molecule has 0 aliphatic carbocycles. The average molecular weight is 298 g/mol. The van der Waals surface area contributed by atoms with Crippen molar-refractivity contribution in [1.29, 1.82) is 0 Å². The molecule has 1 aromatic rings. The molecule has 2 rings (SSSR count). The summed E-state index contributed by atoms with van der Waals surface area (Å²) < 4.78 is 34.5. The summed E-state index contributed by atoms with van der Waals surface area (Å²) in [6, 6.07) is 3.07. The first kappa shape index (κ1) is 8.98. The van der Waals surface area contributed by atoms with Crippen molar-refractivity contribution in [3.05, 3.63) is 21.3 Å². The van der Waals surface area contributed by atoms with Crippen molar-refractivity contribution in [3.8, 4) is 11.5 Å². The fraction of sp³-hybridized carbons (Fsp3) is 0.250. The lowest BCUT2D eigenvalue weighted by Gasteiger charge is -2.04. The highest BCUT2D eigenvalue weighted by atomic mass is 127. The molecule has 13 heavy (non-hydrogen) atoms. The summed E-state index contributed by atoms with van der Waals surface area (Å²) in [4.78, 5) is 0. The molecule has 0 atom stereocenters. The number of benzene rings is 1. The molecule has 70 valence electrons. The van der Waals surface area contributed by atoms with Crippen LogP contribution in [0.3, 0.4) is 0 Å². The number of halogens is 3. The first-order valence-electron chi connectivity index (χ1n) is 3.54. The molecule has 0 N–H and O–H groups in total. The van der Waals surface area contributed by atoms with E-state index in [1.165, 1.54) is 12.1 Å². The Morgan fingerprint density at radius 1 is 1.23 bits per heavy atom. The largest absolute Gasteiger partial charge is 0.586 e. The molecule has 5 heteroatoms. The molecule has 1 aliphatic heterocycles. The zero-order valence-corrected chi connectivity index (χ0v) is 8.76. The van der Waals surface area contributed by atoms with Crippen molar-refractivity contribution in [2.75, 3.05) is 0 Å². The van der Waals surface area contributed by atoms with Crippen LogP contribution in [-0.4, -0.2) is 6.29 Å². The topological polar surface area (TPSA) is 18.5 Å². The van der Waals surface area contributed by atoms with Crippen molar-refractivity contribution in [1.82, 2.24) is 0 Å². The fourth-order valence-corrected chi connectivity index (χ4v) is 1.51. The van der Waals surface area contributed by atoms with Crippen molar-refractivity contribution in [2.24, 2.45) is 0 Å². The van der Waals surface area contributed by atoms with Gasteiger partial charge in [0, 0.05) is 3.57 Å². The zero-order chi connectivity index (χ0) is 9.64. The summed E-state index contributed by atoms with van der Waals surface area (Å²) in [5.41, 5.74) is 0.889. The van der Waals surface area contributed by atoms with E-state index in [1.54, 1.807) is 0 Å². The van der Waals surface area contributed by atoms with Gasteiger partial charge in [0.25, 0.3) is 0 Å². The summed E-state index contributed by atoms with van der Waals surface area (Å²) in [6.45, 7) is 1.82. The lowest BCUT2D eigenvalue weighted by atomic mass is 10.2. The maximum Gasteiger partial charge on any atom is 0.586 e. The summed E-state index contributed by atoms with van der Waals surface area (Å²) in [7, 11) is 0. The highest BCUT2D eigenvalue weighted by Crippen LogP contribution is 2.42. The van der Waals surface area contributed by atoms with Gasteiger partial charge in [0.15, 0.2) is 11.5 Å². The molecule has 0 spiro atoms. The van der Waals surface area contributed by atoms with E-state index in [2.05, 4.69) is 9.47 Å². The molecular formula is C8H5F2IO2. The van der Waals surface area contributed by atoms with Gasteiger partial charge >= 0.3 is 6.29 Å². The predicted molar refractivity (Wildman–Crippen MR) is 50.1 cm³/mol. The Hall–Kier alpha value is -0.590. The van der Waals surface area contributed by atoms with Gasteiger partial charge in [0.2, 0.25) is 0 Å². The minimum atomic E-state index is -3.51. The number of hydrogen-bond acceptors (Lipinski definition) is 2. The average Bonchev–Trinajstić information content (AvgIpc) is 2.24. The van der Waals surface area contributed by atoms with Crippen molar-refractivity contribution in [2.45, 2.75) is 13.2 Å². The number of hydrogen-bond donors (Lipinski definition) is 0. The summed E-state index contributed by atoms with van der Waals surface area (Å²) in [5.74, 6) is 0.197. The maximum absolute atomic E-state index is 12.6. The number of ether oxygens (including phenoxy) is 2. The van der Waals surface area contributed by atoms with Crippen molar-refractivity contribution >= 4 is 22.6 Å². The molecule has 1 aliphatic rings. The second-order valence-electron chi connectivity index (χ2n) is 2.72. The van der Waals surface area contributed by atoms with Crippen LogP contribution in [0.4, 0.5) is 8.78 Å².